The molecule has 0 atom stereocenters. The van der Waals surface area contributed by atoms with E-state index in [-0.39, 0.29) is 17.0 Å². The number of rotatable bonds is 6. The minimum Gasteiger partial charge on any atom is -0.436 e. The highest BCUT2D eigenvalue weighted by Gasteiger charge is 2.47. The van der Waals surface area contributed by atoms with Crippen molar-refractivity contribution >= 4 is 26.6 Å². The molecule has 0 aliphatic rings. The molecule has 0 radical (unpaired) electrons. The van der Waals surface area contributed by atoms with Crippen LogP contribution in [0, 0.1) is 0 Å². The first kappa shape index (κ1) is 22.9. The van der Waals surface area contributed by atoms with Gasteiger partial charge < -0.3 is 4.42 Å². The fraction of sp³-hybridized carbons (Fsp3) is 0.227. The normalized spacial score (nSPS) is 12.6. The minimum absolute atomic E-state index is 0.0336. The first-order valence-corrected chi connectivity index (χ1v) is 12.1. The highest BCUT2D eigenvalue weighted by atomic mass is 32.2. The van der Waals surface area contributed by atoms with Crippen LogP contribution in [0.4, 0.5) is 13.2 Å². The summed E-state index contributed by atoms with van der Waals surface area (Å²) in [7, 11) is -5.53. The van der Waals surface area contributed by atoms with Crippen LogP contribution < -0.4 is 0 Å². The van der Waals surface area contributed by atoms with Crippen LogP contribution in [-0.2, 0) is 16.3 Å². The average molecular weight is 502 g/mol. The molecular formula is C22H17F3N6O3S. The Hall–Kier alpha value is -3.87. The zero-order valence-corrected chi connectivity index (χ0v) is 19.0. The van der Waals surface area contributed by atoms with Crippen LogP contribution in [0.15, 0.2) is 58.2 Å². The van der Waals surface area contributed by atoms with Crippen molar-refractivity contribution < 1.29 is 26.0 Å². The average Bonchev–Trinajstić information content (AvgIpc) is 3.42. The summed E-state index contributed by atoms with van der Waals surface area (Å²) in [4.78, 5) is 16.4. The predicted molar refractivity (Wildman–Crippen MR) is 119 cm³/mol. The van der Waals surface area contributed by atoms with Gasteiger partial charge in [-0.15, -0.1) is 0 Å². The van der Waals surface area contributed by atoms with E-state index in [2.05, 4.69) is 19.9 Å². The van der Waals surface area contributed by atoms with Crippen molar-refractivity contribution in [1.29, 1.82) is 0 Å². The summed E-state index contributed by atoms with van der Waals surface area (Å²) in [6.45, 7) is 2.03. The third kappa shape index (κ3) is 3.91. The molecule has 4 heterocycles. The van der Waals surface area contributed by atoms with Crippen LogP contribution in [0.25, 0.3) is 39.7 Å². The zero-order chi connectivity index (χ0) is 24.8. The summed E-state index contributed by atoms with van der Waals surface area (Å²) < 4.78 is 70.1. The topological polar surface area (TPSA) is 116 Å². The first-order chi connectivity index (χ1) is 16.7. The number of aromatic nitrogens is 6. The van der Waals surface area contributed by atoms with Gasteiger partial charge in [-0.05, 0) is 43.2 Å². The molecule has 0 saturated carbocycles. The van der Waals surface area contributed by atoms with Crippen molar-refractivity contribution in [3.63, 3.8) is 0 Å². The molecule has 0 N–H and O–H groups in total. The van der Waals surface area contributed by atoms with Crippen molar-refractivity contribution in [2.75, 3.05) is 0 Å². The summed E-state index contributed by atoms with van der Waals surface area (Å²) in [6.07, 6.45) is 7.03. The van der Waals surface area contributed by atoms with E-state index in [9.17, 15) is 21.6 Å². The van der Waals surface area contributed by atoms with Gasteiger partial charge in [-0.25, -0.2) is 32.9 Å². The number of fused-ring (bicyclic) bond motifs is 2. The number of oxazole rings is 1. The van der Waals surface area contributed by atoms with Crippen LogP contribution >= 0.6 is 0 Å². The van der Waals surface area contributed by atoms with E-state index in [4.69, 9.17) is 9.52 Å². The third-order valence-corrected chi connectivity index (χ3v) is 6.82. The molecule has 13 heteroatoms. The number of sulfone groups is 1. The molecule has 0 unspecified atom stereocenters. The van der Waals surface area contributed by atoms with Crippen molar-refractivity contribution in [3.05, 3.63) is 54.6 Å². The maximum Gasteiger partial charge on any atom is 0.501 e. The Balaban J connectivity index is 1.70. The SMILES string of the molecule is CCCCc1nn2c(-c3ncccn3)ccnc2c1-c1nc2cc(S(=O)(=O)C(F)(F)F)ccc2o1. The number of aryl methyl sites for hydroxylation is 1. The van der Waals surface area contributed by atoms with Crippen molar-refractivity contribution in [3.8, 4) is 23.0 Å². The molecule has 4 aromatic heterocycles. The Morgan fingerprint density at radius 3 is 2.54 bits per heavy atom. The Labute approximate surface area is 196 Å². The Morgan fingerprint density at radius 1 is 1.06 bits per heavy atom. The standard InChI is InChI=1S/C22H17F3N6O3S/c1-2-3-5-14-18(20-28-11-8-16(31(20)30-14)19-26-9-4-10-27-19)21-29-15-12-13(6-7-17(15)34-21)35(32,33)22(23,24)25/h4,6-12H,2-3,5H2,1H3. The maximum atomic E-state index is 13.0. The smallest absolute Gasteiger partial charge is 0.436 e. The van der Waals surface area contributed by atoms with E-state index in [0.717, 1.165) is 31.0 Å². The lowest BCUT2D eigenvalue weighted by molar-refractivity contribution is -0.0435. The van der Waals surface area contributed by atoms with Gasteiger partial charge in [0.05, 0.1) is 10.6 Å². The number of hydrogen-bond donors (Lipinski definition) is 0. The quantitative estimate of drug-likeness (QED) is 0.330. The van der Waals surface area contributed by atoms with Crippen molar-refractivity contribution in [1.82, 2.24) is 29.5 Å². The number of alkyl halides is 3. The number of unbranched alkanes of at least 4 members (excludes halogenated alkanes) is 1. The summed E-state index contributed by atoms with van der Waals surface area (Å²) in [5, 5.41) is 4.69. The molecule has 5 aromatic rings. The number of hydrogen-bond acceptors (Lipinski definition) is 8. The minimum atomic E-state index is -5.53. The lowest BCUT2D eigenvalue weighted by atomic mass is 10.1. The van der Waals surface area contributed by atoms with Gasteiger partial charge >= 0.3 is 5.51 Å². The maximum absolute atomic E-state index is 13.0. The molecule has 0 bridgehead atoms. The summed E-state index contributed by atoms with van der Waals surface area (Å²) in [5.41, 5.74) is -3.27. The van der Waals surface area contributed by atoms with Gasteiger partial charge in [0.15, 0.2) is 17.1 Å². The van der Waals surface area contributed by atoms with Crippen molar-refractivity contribution in [2.24, 2.45) is 0 Å². The highest BCUT2D eigenvalue weighted by Crippen LogP contribution is 2.35. The first-order valence-electron chi connectivity index (χ1n) is 10.6. The van der Waals surface area contributed by atoms with E-state index >= 15 is 0 Å². The molecule has 1 aromatic carbocycles. The Morgan fingerprint density at radius 2 is 1.83 bits per heavy atom. The van der Waals surface area contributed by atoms with Crippen LogP contribution in [0.1, 0.15) is 25.5 Å². The number of nitrogens with zero attached hydrogens (tertiary/aromatic N) is 6. The van der Waals surface area contributed by atoms with E-state index in [1.807, 2.05) is 6.92 Å². The summed E-state index contributed by atoms with van der Waals surface area (Å²) in [6, 6.07) is 6.24. The second kappa shape index (κ2) is 8.41. The van der Waals surface area contributed by atoms with Gasteiger partial charge in [0.2, 0.25) is 5.89 Å². The monoisotopic (exact) mass is 502 g/mol. The predicted octanol–water partition coefficient (Wildman–Crippen LogP) is 4.63. The van der Waals surface area contributed by atoms with Crippen LogP contribution in [0.5, 0.6) is 0 Å². The third-order valence-electron chi connectivity index (χ3n) is 5.34. The molecule has 0 spiro atoms. The van der Waals surface area contributed by atoms with Gasteiger partial charge in [0.25, 0.3) is 9.84 Å². The van der Waals surface area contributed by atoms with Gasteiger partial charge in [0.1, 0.15) is 16.8 Å². The van der Waals surface area contributed by atoms with Gasteiger partial charge in [-0.1, -0.05) is 13.3 Å². The largest absolute Gasteiger partial charge is 0.501 e. The highest BCUT2D eigenvalue weighted by molar-refractivity contribution is 7.92. The lowest BCUT2D eigenvalue weighted by Crippen LogP contribution is -2.23. The fourth-order valence-electron chi connectivity index (χ4n) is 3.64. The van der Waals surface area contributed by atoms with E-state index in [0.29, 0.717) is 34.8 Å². The molecular weight excluding hydrogens is 485 g/mol. The number of halogens is 3. The van der Waals surface area contributed by atoms with Gasteiger partial charge in [-0.2, -0.15) is 18.3 Å². The molecule has 0 fully saturated rings. The molecule has 5 rings (SSSR count). The Bertz CT molecular complexity index is 1650. The summed E-state index contributed by atoms with van der Waals surface area (Å²) >= 11 is 0. The number of benzene rings is 1. The molecule has 9 nitrogen and oxygen atoms in total. The molecule has 0 amide bonds. The molecule has 180 valence electrons. The second-order valence-electron chi connectivity index (χ2n) is 7.66. The van der Waals surface area contributed by atoms with Crippen LogP contribution in [0.3, 0.4) is 0 Å². The van der Waals surface area contributed by atoms with Gasteiger partial charge in [0, 0.05) is 18.6 Å². The van der Waals surface area contributed by atoms with Gasteiger partial charge in [-0.3, -0.25) is 0 Å². The summed E-state index contributed by atoms with van der Waals surface area (Å²) in [5.74, 6) is 0.497. The van der Waals surface area contributed by atoms with E-state index in [1.165, 1.54) is 0 Å². The molecule has 0 aliphatic carbocycles. The van der Waals surface area contributed by atoms with E-state index < -0.39 is 20.2 Å². The van der Waals surface area contributed by atoms with Crippen molar-refractivity contribution in [2.45, 2.75) is 36.6 Å². The van der Waals surface area contributed by atoms with E-state index in [1.54, 1.807) is 35.2 Å². The zero-order valence-electron chi connectivity index (χ0n) is 18.2. The Kier molecular flexibility index (Phi) is 5.50. The lowest BCUT2D eigenvalue weighted by Gasteiger charge is -2.07. The molecule has 0 aliphatic heterocycles. The second-order valence-corrected chi connectivity index (χ2v) is 9.60. The van der Waals surface area contributed by atoms with Crippen LogP contribution in [0.2, 0.25) is 0 Å². The fourth-order valence-corrected chi connectivity index (χ4v) is 4.42. The molecule has 0 saturated heterocycles. The molecule has 35 heavy (non-hydrogen) atoms. The van der Waals surface area contributed by atoms with Crippen LogP contribution in [-0.4, -0.2) is 43.5 Å².